The number of benzene rings is 1. The molecule has 1 aromatic carbocycles. The summed E-state index contributed by atoms with van der Waals surface area (Å²) in [5, 5.41) is 3.62. The van der Waals surface area contributed by atoms with Crippen LogP contribution in [-0.2, 0) is 17.8 Å². The number of thiazole rings is 1. The topological polar surface area (TPSA) is 77.5 Å². The normalized spacial score (nSPS) is 17.3. The van der Waals surface area contributed by atoms with Gasteiger partial charge in [0.2, 0.25) is 5.91 Å². The van der Waals surface area contributed by atoms with Crippen LogP contribution in [0.5, 0.6) is 0 Å². The maximum Gasteiger partial charge on any atom is 0.240 e. The standard InChI is InChI=1S/C25H33N7OS/c1-19-13-26-25(34-19)29-24(33)17-32-10-9-31(14-20-7-5-4-6-8-20)15-21(16-32)11-22-12-23(30(2)3)28-18-27-22/h4-8,12-13,18,21H,9-11,14-17H2,1-3H3,(H,26,29,33). The van der Waals surface area contributed by atoms with E-state index in [0.717, 1.165) is 55.5 Å². The van der Waals surface area contributed by atoms with Crippen LogP contribution in [0.25, 0.3) is 0 Å². The predicted molar refractivity (Wildman–Crippen MR) is 137 cm³/mol. The number of anilines is 2. The summed E-state index contributed by atoms with van der Waals surface area (Å²) < 4.78 is 0. The molecule has 4 rings (SSSR count). The van der Waals surface area contributed by atoms with Gasteiger partial charge in [-0.25, -0.2) is 15.0 Å². The maximum atomic E-state index is 12.7. The highest BCUT2D eigenvalue weighted by atomic mass is 32.1. The fourth-order valence-corrected chi connectivity index (χ4v) is 5.00. The molecule has 3 heterocycles. The second kappa shape index (κ2) is 11.5. The fraction of sp³-hybridized carbons (Fsp3) is 0.440. The van der Waals surface area contributed by atoms with Crippen molar-refractivity contribution in [2.45, 2.75) is 19.9 Å². The molecule has 1 fully saturated rings. The molecule has 1 saturated heterocycles. The Morgan fingerprint density at radius 2 is 1.88 bits per heavy atom. The summed E-state index contributed by atoms with van der Waals surface area (Å²) in [6.45, 7) is 6.82. The Morgan fingerprint density at radius 1 is 1.12 bits per heavy atom. The molecule has 3 aromatic rings. The lowest BCUT2D eigenvalue weighted by Gasteiger charge is -2.24. The fourth-order valence-electron chi connectivity index (χ4n) is 4.32. The van der Waals surface area contributed by atoms with Crippen LogP contribution in [-0.4, -0.2) is 77.5 Å². The van der Waals surface area contributed by atoms with Gasteiger partial charge in [-0.05, 0) is 24.8 Å². The molecule has 1 unspecified atom stereocenters. The van der Waals surface area contributed by atoms with Gasteiger partial charge in [-0.1, -0.05) is 30.3 Å². The summed E-state index contributed by atoms with van der Waals surface area (Å²) in [4.78, 5) is 33.7. The van der Waals surface area contributed by atoms with E-state index in [-0.39, 0.29) is 5.91 Å². The molecule has 0 aliphatic carbocycles. The average molecular weight is 480 g/mol. The van der Waals surface area contributed by atoms with Crippen LogP contribution in [0.15, 0.2) is 48.9 Å². The molecule has 34 heavy (non-hydrogen) atoms. The summed E-state index contributed by atoms with van der Waals surface area (Å²) in [5.74, 6) is 1.25. The minimum Gasteiger partial charge on any atom is -0.363 e. The first kappa shape index (κ1) is 24.3. The number of hydrogen-bond donors (Lipinski definition) is 1. The largest absolute Gasteiger partial charge is 0.363 e. The number of amides is 1. The van der Waals surface area contributed by atoms with Crippen molar-refractivity contribution in [3.05, 3.63) is 65.1 Å². The Kier molecular flexibility index (Phi) is 8.21. The van der Waals surface area contributed by atoms with E-state index in [2.05, 4.69) is 66.5 Å². The van der Waals surface area contributed by atoms with E-state index < -0.39 is 0 Å². The van der Waals surface area contributed by atoms with Crippen LogP contribution >= 0.6 is 11.3 Å². The molecule has 0 radical (unpaired) electrons. The quantitative estimate of drug-likeness (QED) is 0.532. The van der Waals surface area contributed by atoms with Gasteiger partial charge >= 0.3 is 0 Å². The van der Waals surface area contributed by atoms with E-state index in [0.29, 0.717) is 17.6 Å². The van der Waals surface area contributed by atoms with Gasteiger partial charge in [-0.15, -0.1) is 11.3 Å². The molecule has 1 atom stereocenters. The van der Waals surface area contributed by atoms with E-state index in [1.807, 2.05) is 25.9 Å². The lowest BCUT2D eigenvalue weighted by molar-refractivity contribution is -0.117. The first-order valence-corrected chi connectivity index (χ1v) is 12.5. The second-order valence-corrected chi connectivity index (χ2v) is 10.3. The number of aryl methyl sites for hydroxylation is 1. The maximum absolute atomic E-state index is 12.7. The highest BCUT2D eigenvalue weighted by Gasteiger charge is 2.25. The first-order chi connectivity index (χ1) is 16.4. The minimum atomic E-state index is -0.0125. The van der Waals surface area contributed by atoms with Gasteiger partial charge in [0, 0.05) is 69.7 Å². The average Bonchev–Trinajstić information content (AvgIpc) is 3.12. The third-order valence-corrected chi connectivity index (χ3v) is 6.74. The lowest BCUT2D eigenvalue weighted by atomic mass is 10.0. The number of carbonyl (C=O) groups is 1. The highest BCUT2D eigenvalue weighted by Crippen LogP contribution is 2.19. The zero-order chi connectivity index (χ0) is 23.9. The van der Waals surface area contributed by atoms with Crippen LogP contribution < -0.4 is 10.2 Å². The van der Waals surface area contributed by atoms with E-state index in [4.69, 9.17) is 0 Å². The summed E-state index contributed by atoms with van der Waals surface area (Å²) in [5.41, 5.74) is 2.34. The Labute approximate surface area is 205 Å². The van der Waals surface area contributed by atoms with Crippen molar-refractivity contribution in [1.82, 2.24) is 24.8 Å². The van der Waals surface area contributed by atoms with Crippen LogP contribution in [0.2, 0.25) is 0 Å². The van der Waals surface area contributed by atoms with Gasteiger partial charge in [-0.3, -0.25) is 14.6 Å². The zero-order valence-corrected chi connectivity index (χ0v) is 21.0. The van der Waals surface area contributed by atoms with Gasteiger partial charge in [0.15, 0.2) is 5.13 Å². The van der Waals surface area contributed by atoms with Crippen LogP contribution in [0.3, 0.4) is 0 Å². The number of nitrogens with zero attached hydrogens (tertiary/aromatic N) is 6. The number of aromatic nitrogens is 3. The molecule has 9 heteroatoms. The Morgan fingerprint density at radius 3 is 2.62 bits per heavy atom. The highest BCUT2D eigenvalue weighted by molar-refractivity contribution is 7.15. The summed E-state index contributed by atoms with van der Waals surface area (Å²) in [6, 6.07) is 12.6. The van der Waals surface area contributed by atoms with E-state index in [9.17, 15) is 4.79 Å². The molecule has 1 aliphatic heterocycles. The molecule has 180 valence electrons. The molecule has 1 amide bonds. The van der Waals surface area contributed by atoms with Gasteiger partial charge < -0.3 is 10.2 Å². The molecule has 1 aliphatic rings. The zero-order valence-electron chi connectivity index (χ0n) is 20.1. The van der Waals surface area contributed by atoms with E-state index in [1.165, 1.54) is 16.9 Å². The molecule has 8 nitrogen and oxygen atoms in total. The third-order valence-electron chi connectivity index (χ3n) is 5.91. The van der Waals surface area contributed by atoms with E-state index in [1.54, 1.807) is 12.5 Å². The predicted octanol–water partition coefficient (Wildman–Crippen LogP) is 2.92. The van der Waals surface area contributed by atoms with Crippen LogP contribution in [0, 0.1) is 12.8 Å². The smallest absolute Gasteiger partial charge is 0.240 e. The molecular weight excluding hydrogens is 446 g/mol. The molecule has 2 aromatic heterocycles. The van der Waals surface area contributed by atoms with Crippen molar-refractivity contribution in [3.63, 3.8) is 0 Å². The number of rotatable bonds is 8. The Bertz CT molecular complexity index is 1070. The van der Waals surface area contributed by atoms with Crippen molar-refractivity contribution >= 4 is 28.2 Å². The summed E-state index contributed by atoms with van der Waals surface area (Å²) in [6.07, 6.45) is 4.27. The van der Waals surface area contributed by atoms with Crippen molar-refractivity contribution < 1.29 is 4.79 Å². The third kappa shape index (κ3) is 7.06. The monoisotopic (exact) mass is 479 g/mol. The van der Waals surface area contributed by atoms with Gasteiger partial charge in [-0.2, -0.15) is 0 Å². The number of nitrogens with one attached hydrogen (secondary N) is 1. The molecule has 0 bridgehead atoms. The van der Waals surface area contributed by atoms with Gasteiger partial charge in [0.1, 0.15) is 12.1 Å². The Hall–Kier alpha value is -2.88. The van der Waals surface area contributed by atoms with Crippen molar-refractivity contribution in [2.24, 2.45) is 5.92 Å². The van der Waals surface area contributed by atoms with Crippen molar-refractivity contribution in [3.8, 4) is 0 Å². The SMILES string of the molecule is Cc1cnc(NC(=O)CN2CCN(Cc3ccccc3)CC(Cc3cc(N(C)C)ncn3)C2)s1. The minimum absolute atomic E-state index is 0.0125. The first-order valence-electron chi connectivity index (χ1n) is 11.6. The summed E-state index contributed by atoms with van der Waals surface area (Å²) >= 11 is 1.50. The van der Waals surface area contributed by atoms with Gasteiger partial charge in [0.05, 0.1) is 6.54 Å². The van der Waals surface area contributed by atoms with Crippen LogP contribution in [0.4, 0.5) is 10.9 Å². The van der Waals surface area contributed by atoms with Gasteiger partial charge in [0.25, 0.3) is 0 Å². The number of hydrogen-bond acceptors (Lipinski definition) is 8. The van der Waals surface area contributed by atoms with Crippen molar-refractivity contribution in [2.75, 3.05) is 57.0 Å². The molecule has 0 saturated carbocycles. The van der Waals surface area contributed by atoms with Crippen LogP contribution in [0.1, 0.15) is 16.1 Å². The van der Waals surface area contributed by atoms with E-state index >= 15 is 0 Å². The molecular formula is C25H33N7OS. The Balaban J connectivity index is 1.45. The summed E-state index contributed by atoms with van der Waals surface area (Å²) in [7, 11) is 3.98. The lowest BCUT2D eigenvalue weighted by Crippen LogP contribution is -2.37. The molecule has 0 spiro atoms. The van der Waals surface area contributed by atoms with Crippen molar-refractivity contribution in [1.29, 1.82) is 0 Å². The molecule has 1 N–H and O–H groups in total. The number of carbonyl (C=O) groups excluding carboxylic acids is 1. The second-order valence-electron chi connectivity index (χ2n) is 9.11.